The molecular weight excluding hydrogens is 326 g/mol. The highest BCUT2D eigenvalue weighted by molar-refractivity contribution is 6.02. The summed E-state index contributed by atoms with van der Waals surface area (Å²) >= 11 is 0. The van der Waals surface area contributed by atoms with Crippen molar-refractivity contribution in [1.82, 2.24) is 4.90 Å². The van der Waals surface area contributed by atoms with Crippen LogP contribution in [-0.4, -0.2) is 42.4 Å². The van der Waals surface area contributed by atoms with Crippen molar-refractivity contribution in [1.29, 1.82) is 0 Å². The summed E-state index contributed by atoms with van der Waals surface area (Å²) in [5, 5.41) is 0. The third-order valence-corrected chi connectivity index (χ3v) is 3.70. The molecule has 0 bridgehead atoms. The summed E-state index contributed by atoms with van der Waals surface area (Å²) in [6, 6.07) is 5.35. The van der Waals surface area contributed by atoms with Gasteiger partial charge in [0.05, 0.1) is 19.6 Å². The zero-order chi connectivity index (χ0) is 18.2. The fourth-order valence-corrected chi connectivity index (χ4v) is 2.50. The highest BCUT2D eigenvalue weighted by Gasteiger charge is 2.28. The van der Waals surface area contributed by atoms with E-state index in [-0.39, 0.29) is 44.2 Å². The number of likely N-dealkylation sites (tertiary alicyclic amines) is 1. The van der Waals surface area contributed by atoms with Gasteiger partial charge in [0, 0.05) is 19.4 Å². The minimum absolute atomic E-state index is 0.00712. The van der Waals surface area contributed by atoms with Crippen LogP contribution in [0.1, 0.15) is 38.7 Å². The summed E-state index contributed by atoms with van der Waals surface area (Å²) in [4.78, 5) is 35.9. The van der Waals surface area contributed by atoms with Gasteiger partial charge in [-0.15, -0.1) is 0 Å². The number of carbonyl (C=O) groups is 3. The molecule has 0 atom stereocenters. The zero-order valence-corrected chi connectivity index (χ0v) is 14.6. The van der Waals surface area contributed by atoms with Crippen molar-refractivity contribution in [2.24, 2.45) is 0 Å². The van der Waals surface area contributed by atoms with E-state index in [1.807, 2.05) is 13.8 Å². The molecule has 0 aliphatic carbocycles. The van der Waals surface area contributed by atoms with Gasteiger partial charge in [-0.2, -0.15) is 0 Å². The van der Waals surface area contributed by atoms with Gasteiger partial charge in [-0.05, 0) is 31.5 Å². The molecule has 1 aromatic rings. The largest absolute Gasteiger partial charge is 0.490 e. The Hall–Kier alpha value is -2.57. The van der Waals surface area contributed by atoms with Gasteiger partial charge in [-0.1, -0.05) is 6.07 Å². The first-order valence-corrected chi connectivity index (χ1v) is 8.42. The van der Waals surface area contributed by atoms with E-state index >= 15 is 0 Å². The van der Waals surface area contributed by atoms with Crippen molar-refractivity contribution >= 4 is 17.8 Å². The highest BCUT2D eigenvalue weighted by atomic mass is 16.5. The first-order chi connectivity index (χ1) is 12.0. The molecule has 0 aromatic heterocycles. The monoisotopic (exact) mass is 349 g/mol. The molecule has 7 heteroatoms. The van der Waals surface area contributed by atoms with Gasteiger partial charge in [0.15, 0.2) is 11.5 Å². The van der Waals surface area contributed by atoms with Crippen LogP contribution in [0.15, 0.2) is 18.2 Å². The standard InChI is InChI=1S/C18H23NO6/c1-3-23-14-6-5-13(11-15(14)24-4-2)12-25-18(22)9-10-19-16(20)7-8-17(19)21/h5-6,11H,3-4,7-10,12H2,1-2H3. The molecule has 2 amide bonds. The number of benzene rings is 1. The number of nitrogens with zero attached hydrogens (tertiary/aromatic N) is 1. The maximum atomic E-state index is 11.8. The Balaban J connectivity index is 1.85. The zero-order valence-electron chi connectivity index (χ0n) is 14.6. The van der Waals surface area contributed by atoms with Crippen molar-refractivity contribution in [3.8, 4) is 11.5 Å². The first-order valence-electron chi connectivity index (χ1n) is 8.42. The molecule has 1 saturated heterocycles. The third kappa shape index (κ3) is 5.20. The molecule has 0 spiro atoms. The summed E-state index contributed by atoms with van der Waals surface area (Å²) < 4.78 is 16.2. The summed E-state index contributed by atoms with van der Waals surface area (Å²) in [7, 11) is 0. The number of hydrogen-bond acceptors (Lipinski definition) is 6. The van der Waals surface area contributed by atoms with Gasteiger partial charge in [0.1, 0.15) is 6.61 Å². The molecule has 25 heavy (non-hydrogen) atoms. The van der Waals surface area contributed by atoms with E-state index in [2.05, 4.69) is 0 Å². The van der Waals surface area contributed by atoms with E-state index in [1.165, 1.54) is 0 Å². The summed E-state index contributed by atoms with van der Waals surface area (Å²) in [6.45, 7) is 4.96. The summed E-state index contributed by atoms with van der Waals surface area (Å²) in [6.07, 6.45) is 0.438. The Morgan fingerprint density at radius 3 is 2.32 bits per heavy atom. The minimum atomic E-state index is -0.459. The lowest BCUT2D eigenvalue weighted by Gasteiger charge is -2.14. The lowest BCUT2D eigenvalue weighted by Crippen LogP contribution is -2.31. The van der Waals surface area contributed by atoms with Crippen LogP contribution >= 0.6 is 0 Å². The molecule has 0 radical (unpaired) electrons. The molecule has 7 nitrogen and oxygen atoms in total. The Labute approximate surface area is 146 Å². The number of rotatable bonds is 9. The maximum absolute atomic E-state index is 11.8. The van der Waals surface area contributed by atoms with Crippen LogP contribution in [0.4, 0.5) is 0 Å². The van der Waals surface area contributed by atoms with Gasteiger partial charge < -0.3 is 14.2 Å². The lowest BCUT2D eigenvalue weighted by atomic mass is 10.2. The van der Waals surface area contributed by atoms with Crippen molar-refractivity contribution < 1.29 is 28.6 Å². The molecule has 1 aromatic carbocycles. The van der Waals surface area contributed by atoms with Crippen LogP contribution in [0.2, 0.25) is 0 Å². The van der Waals surface area contributed by atoms with Gasteiger partial charge in [-0.25, -0.2) is 0 Å². The van der Waals surface area contributed by atoms with Crippen LogP contribution in [0, 0.1) is 0 Å². The van der Waals surface area contributed by atoms with E-state index in [9.17, 15) is 14.4 Å². The molecule has 1 heterocycles. The quantitative estimate of drug-likeness (QED) is 0.501. The first kappa shape index (κ1) is 18.8. The molecule has 1 fully saturated rings. The fourth-order valence-electron chi connectivity index (χ4n) is 2.50. The second-order valence-electron chi connectivity index (χ2n) is 5.50. The van der Waals surface area contributed by atoms with Gasteiger partial charge >= 0.3 is 5.97 Å². The Kier molecular flexibility index (Phi) is 6.80. The number of hydrogen-bond donors (Lipinski definition) is 0. The lowest BCUT2D eigenvalue weighted by molar-refractivity contribution is -0.146. The van der Waals surface area contributed by atoms with E-state index in [1.54, 1.807) is 18.2 Å². The molecule has 1 aliphatic heterocycles. The van der Waals surface area contributed by atoms with Crippen LogP contribution in [0.25, 0.3) is 0 Å². The van der Waals surface area contributed by atoms with E-state index in [4.69, 9.17) is 14.2 Å². The van der Waals surface area contributed by atoms with Gasteiger partial charge in [0.2, 0.25) is 11.8 Å². The van der Waals surface area contributed by atoms with Crippen LogP contribution in [0.3, 0.4) is 0 Å². The maximum Gasteiger partial charge on any atom is 0.307 e. The third-order valence-electron chi connectivity index (χ3n) is 3.70. The number of imide groups is 1. The molecule has 0 saturated carbocycles. The Morgan fingerprint density at radius 1 is 1.04 bits per heavy atom. The average molecular weight is 349 g/mol. The number of amides is 2. The van der Waals surface area contributed by atoms with Crippen molar-refractivity contribution in [2.75, 3.05) is 19.8 Å². The number of ether oxygens (including phenoxy) is 3. The van der Waals surface area contributed by atoms with E-state index in [0.717, 1.165) is 10.5 Å². The van der Waals surface area contributed by atoms with Gasteiger partial charge in [-0.3, -0.25) is 19.3 Å². The summed E-state index contributed by atoms with van der Waals surface area (Å²) in [5.74, 6) is 0.326. The highest BCUT2D eigenvalue weighted by Crippen LogP contribution is 2.28. The molecule has 0 unspecified atom stereocenters. The molecule has 0 N–H and O–H groups in total. The fraction of sp³-hybridized carbons (Fsp3) is 0.500. The number of esters is 1. The molecule has 136 valence electrons. The molecule has 1 aliphatic rings. The smallest absolute Gasteiger partial charge is 0.307 e. The predicted octanol–water partition coefficient (Wildman–Crippen LogP) is 2.07. The second kappa shape index (κ2) is 9.05. The SMILES string of the molecule is CCOc1ccc(COC(=O)CCN2C(=O)CCC2=O)cc1OCC. The molecule has 2 rings (SSSR count). The predicted molar refractivity (Wildman–Crippen MR) is 89.1 cm³/mol. The Morgan fingerprint density at radius 2 is 1.68 bits per heavy atom. The van der Waals surface area contributed by atoms with Crippen LogP contribution in [-0.2, 0) is 25.7 Å². The van der Waals surface area contributed by atoms with E-state index < -0.39 is 5.97 Å². The topological polar surface area (TPSA) is 82.1 Å². The van der Waals surface area contributed by atoms with Crippen molar-refractivity contribution in [3.05, 3.63) is 23.8 Å². The van der Waals surface area contributed by atoms with Crippen LogP contribution in [0.5, 0.6) is 11.5 Å². The number of carbonyl (C=O) groups excluding carboxylic acids is 3. The van der Waals surface area contributed by atoms with E-state index in [0.29, 0.717) is 24.7 Å². The molecular formula is C18H23NO6. The van der Waals surface area contributed by atoms with Crippen LogP contribution < -0.4 is 9.47 Å². The second-order valence-corrected chi connectivity index (χ2v) is 5.50. The summed E-state index contributed by atoms with van der Waals surface area (Å²) in [5.41, 5.74) is 0.772. The normalized spacial score (nSPS) is 13.9. The Bertz CT molecular complexity index is 626. The minimum Gasteiger partial charge on any atom is -0.490 e. The van der Waals surface area contributed by atoms with Gasteiger partial charge in [0.25, 0.3) is 0 Å². The average Bonchev–Trinajstić information content (AvgIpc) is 2.92. The van der Waals surface area contributed by atoms with Crippen molar-refractivity contribution in [2.45, 2.75) is 39.7 Å². The van der Waals surface area contributed by atoms with Crippen molar-refractivity contribution in [3.63, 3.8) is 0 Å².